The second kappa shape index (κ2) is 9.36. The van der Waals surface area contributed by atoms with Gasteiger partial charge in [0.2, 0.25) is 0 Å². The molecule has 0 spiro atoms. The summed E-state index contributed by atoms with van der Waals surface area (Å²) in [7, 11) is 0. The van der Waals surface area contributed by atoms with Crippen molar-refractivity contribution in [1.82, 2.24) is 14.9 Å². The third-order valence-electron chi connectivity index (χ3n) is 5.63. The van der Waals surface area contributed by atoms with Gasteiger partial charge in [-0.05, 0) is 56.2 Å². The molecule has 1 aromatic carbocycles. The van der Waals surface area contributed by atoms with Gasteiger partial charge in [-0.25, -0.2) is 14.2 Å². The van der Waals surface area contributed by atoms with E-state index in [1.54, 1.807) is 36.2 Å². The first kappa shape index (κ1) is 22.4. The lowest BCUT2D eigenvalue weighted by Crippen LogP contribution is -2.28. The number of fused-ring (bicyclic) bond motifs is 1. The SMILES string of the molecule is CCOC(=O)c1nccc2c1CN(C(C)c1cc(C)c(OCc3ccc(F)cc3)cn1)C2=O. The van der Waals surface area contributed by atoms with E-state index >= 15 is 0 Å². The predicted molar refractivity (Wildman–Crippen MR) is 118 cm³/mol. The number of esters is 1. The molecule has 7 nitrogen and oxygen atoms in total. The Kier molecular flexibility index (Phi) is 6.35. The van der Waals surface area contributed by atoms with E-state index in [4.69, 9.17) is 9.47 Å². The number of amides is 1. The summed E-state index contributed by atoms with van der Waals surface area (Å²) in [6.45, 7) is 6.30. The van der Waals surface area contributed by atoms with Crippen molar-refractivity contribution in [2.75, 3.05) is 6.61 Å². The van der Waals surface area contributed by atoms with Crippen LogP contribution in [0.15, 0.2) is 48.8 Å². The number of ether oxygens (including phenoxy) is 2. The van der Waals surface area contributed by atoms with Crippen LogP contribution >= 0.6 is 0 Å². The van der Waals surface area contributed by atoms with Crippen LogP contribution in [-0.4, -0.2) is 33.4 Å². The van der Waals surface area contributed by atoms with Gasteiger partial charge in [0, 0.05) is 23.9 Å². The van der Waals surface area contributed by atoms with Gasteiger partial charge in [-0.15, -0.1) is 0 Å². The maximum atomic E-state index is 13.1. The molecule has 2 aromatic heterocycles. The molecule has 1 atom stereocenters. The maximum Gasteiger partial charge on any atom is 0.357 e. The molecule has 170 valence electrons. The Hall–Kier alpha value is -3.81. The van der Waals surface area contributed by atoms with Crippen LogP contribution in [0.5, 0.6) is 5.75 Å². The highest BCUT2D eigenvalue weighted by molar-refractivity contribution is 6.02. The van der Waals surface area contributed by atoms with Gasteiger partial charge in [0.1, 0.15) is 18.2 Å². The molecule has 1 aliphatic heterocycles. The summed E-state index contributed by atoms with van der Waals surface area (Å²) in [4.78, 5) is 35.6. The number of pyridine rings is 2. The highest BCUT2D eigenvalue weighted by Crippen LogP contribution is 2.33. The lowest BCUT2D eigenvalue weighted by atomic mass is 10.1. The molecule has 0 saturated heterocycles. The first-order chi connectivity index (χ1) is 15.9. The van der Waals surface area contributed by atoms with Crippen LogP contribution in [0.25, 0.3) is 0 Å². The van der Waals surface area contributed by atoms with Crippen LogP contribution in [0.2, 0.25) is 0 Å². The number of carbonyl (C=O) groups is 2. The zero-order chi connectivity index (χ0) is 23.5. The molecule has 33 heavy (non-hydrogen) atoms. The number of hydrogen-bond acceptors (Lipinski definition) is 6. The smallest absolute Gasteiger partial charge is 0.357 e. The fourth-order valence-electron chi connectivity index (χ4n) is 3.78. The van der Waals surface area contributed by atoms with Gasteiger partial charge in [-0.1, -0.05) is 12.1 Å². The summed E-state index contributed by atoms with van der Waals surface area (Å²) in [5.41, 5.74) is 3.62. The van der Waals surface area contributed by atoms with E-state index in [0.717, 1.165) is 11.1 Å². The average Bonchev–Trinajstić information content (AvgIpc) is 3.15. The number of rotatable bonds is 7. The minimum Gasteiger partial charge on any atom is -0.487 e. The Morgan fingerprint density at radius 3 is 2.67 bits per heavy atom. The normalized spacial score (nSPS) is 13.6. The molecule has 0 aliphatic carbocycles. The Morgan fingerprint density at radius 2 is 1.97 bits per heavy atom. The van der Waals surface area contributed by atoms with Crippen LogP contribution in [0.3, 0.4) is 0 Å². The van der Waals surface area contributed by atoms with E-state index in [1.165, 1.54) is 18.3 Å². The third kappa shape index (κ3) is 4.55. The fourth-order valence-corrected chi connectivity index (χ4v) is 3.78. The minimum absolute atomic E-state index is 0.172. The monoisotopic (exact) mass is 449 g/mol. The van der Waals surface area contributed by atoms with Crippen LogP contribution < -0.4 is 4.74 Å². The molecule has 0 bridgehead atoms. The molecular weight excluding hydrogens is 425 g/mol. The second-order valence-electron chi connectivity index (χ2n) is 7.80. The largest absolute Gasteiger partial charge is 0.487 e. The maximum absolute atomic E-state index is 13.1. The fraction of sp³-hybridized carbons (Fsp3) is 0.280. The van der Waals surface area contributed by atoms with Crippen LogP contribution in [-0.2, 0) is 17.9 Å². The van der Waals surface area contributed by atoms with Crippen molar-refractivity contribution >= 4 is 11.9 Å². The molecule has 1 amide bonds. The standard InChI is InChI=1S/C25H24FN3O4/c1-4-32-25(31)23-20-13-29(24(30)19(20)9-10-27-23)16(3)21-11-15(2)22(12-28-21)33-14-17-5-7-18(26)8-6-17/h5-12,16H,4,13-14H2,1-3H3. The number of halogens is 1. The molecular formula is C25H24FN3O4. The summed E-state index contributed by atoms with van der Waals surface area (Å²) in [5, 5.41) is 0. The third-order valence-corrected chi connectivity index (χ3v) is 5.63. The van der Waals surface area contributed by atoms with Crippen LogP contribution in [0, 0.1) is 12.7 Å². The van der Waals surface area contributed by atoms with E-state index in [0.29, 0.717) is 29.2 Å². The van der Waals surface area contributed by atoms with E-state index < -0.39 is 5.97 Å². The Labute approximate surface area is 191 Å². The van der Waals surface area contributed by atoms with Gasteiger partial charge in [0.05, 0.1) is 24.5 Å². The molecule has 8 heteroatoms. The van der Waals surface area contributed by atoms with Crippen molar-refractivity contribution in [2.24, 2.45) is 0 Å². The molecule has 1 aliphatic rings. The lowest BCUT2D eigenvalue weighted by molar-refractivity contribution is 0.0515. The Bertz CT molecular complexity index is 1200. The molecule has 4 rings (SSSR count). The van der Waals surface area contributed by atoms with Crippen molar-refractivity contribution in [3.8, 4) is 5.75 Å². The molecule has 3 heterocycles. The Balaban J connectivity index is 1.50. The first-order valence-corrected chi connectivity index (χ1v) is 10.7. The van der Waals surface area contributed by atoms with Gasteiger partial charge in [-0.3, -0.25) is 9.78 Å². The van der Waals surface area contributed by atoms with Crippen molar-refractivity contribution in [1.29, 1.82) is 0 Å². The molecule has 1 unspecified atom stereocenters. The number of nitrogens with zero attached hydrogens (tertiary/aromatic N) is 3. The summed E-state index contributed by atoms with van der Waals surface area (Å²) >= 11 is 0. The summed E-state index contributed by atoms with van der Waals surface area (Å²) < 4.78 is 24.0. The minimum atomic E-state index is -0.534. The summed E-state index contributed by atoms with van der Waals surface area (Å²) in [6.07, 6.45) is 3.08. The molecule has 0 radical (unpaired) electrons. The van der Waals surface area contributed by atoms with Crippen molar-refractivity contribution in [2.45, 2.75) is 40.0 Å². The summed E-state index contributed by atoms with van der Waals surface area (Å²) in [6, 6.07) is 9.30. The van der Waals surface area contributed by atoms with Crippen LogP contribution in [0.1, 0.15) is 63.1 Å². The average molecular weight is 449 g/mol. The number of benzene rings is 1. The predicted octanol–water partition coefficient (Wildman–Crippen LogP) is 4.40. The number of aromatic nitrogens is 2. The number of aryl methyl sites for hydroxylation is 1. The Morgan fingerprint density at radius 1 is 1.21 bits per heavy atom. The van der Waals surface area contributed by atoms with Gasteiger partial charge in [-0.2, -0.15) is 0 Å². The number of carbonyl (C=O) groups excluding carboxylic acids is 2. The lowest BCUT2D eigenvalue weighted by Gasteiger charge is -2.24. The van der Waals surface area contributed by atoms with Gasteiger partial charge < -0.3 is 14.4 Å². The van der Waals surface area contributed by atoms with Gasteiger partial charge >= 0.3 is 5.97 Å². The summed E-state index contributed by atoms with van der Waals surface area (Å²) in [5.74, 6) is -0.395. The number of hydrogen-bond donors (Lipinski definition) is 0. The van der Waals surface area contributed by atoms with Gasteiger partial charge in [0.25, 0.3) is 5.91 Å². The second-order valence-corrected chi connectivity index (χ2v) is 7.80. The first-order valence-electron chi connectivity index (χ1n) is 10.7. The highest BCUT2D eigenvalue weighted by atomic mass is 19.1. The quantitative estimate of drug-likeness (QED) is 0.498. The van der Waals surface area contributed by atoms with Crippen molar-refractivity contribution < 1.29 is 23.5 Å². The molecule has 0 fully saturated rings. The zero-order valence-electron chi connectivity index (χ0n) is 18.7. The van der Waals surface area contributed by atoms with Crippen molar-refractivity contribution in [3.63, 3.8) is 0 Å². The molecule has 0 N–H and O–H groups in total. The topological polar surface area (TPSA) is 81.6 Å². The van der Waals surface area contributed by atoms with E-state index in [9.17, 15) is 14.0 Å². The van der Waals surface area contributed by atoms with Crippen molar-refractivity contribution in [3.05, 3.63) is 88.3 Å². The highest BCUT2D eigenvalue weighted by Gasteiger charge is 2.35. The van der Waals surface area contributed by atoms with Gasteiger partial charge in [0.15, 0.2) is 5.69 Å². The zero-order valence-corrected chi connectivity index (χ0v) is 18.7. The van der Waals surface area contributed by atoms with E-state index in [2.05, 4.69) is 9.97 Å². The van der Waals surface area contributed by atoms with E-state index in [1.807, 2.05) is 19.9 Å². The van der Waals surface area contributed by atoms with E-state index in [-0.39, 0.29) is 36.6 Å². The molecule has 0 saturated carbocycles. The molecule has 3 aromatic rings. The van der Waals surface area contributed by atoms with Crippen LogP contribution in [0.4, 0.5) is 4.39 Å².